The van der Waals surface area contributed by atoms with Crippen molar-refractivity contribution >= 4 is 17.8 Å². The Kier molecular flexibility index (Phi) is 5.08. The number of hydrogen-bond donors (Lipinski definition) is 1. The summed E-state index contributed by atoms with van der Waals surface area (Å²) in [5.41, 5.74) is 0. The molecule has 3 saturated heterocycles. The molecule has 3 fully saturated rings. The van der Waals surface area contributed by atoms with Crippen molar-refractivity contribution in [2.75, 3.05) is 39.3 Å². The Morgan fingerprint density at radius 2 is 1.96 bits per heavy atom. The first-order valence-electron chi connectivity index (χ1n) is 9.03. The van der Waals surface area contributed by atoms with Crippen LogP contribution in [-0.4, -0.2) is 82.9 Å². The lowest BCUT2D eigenvalue weighted by molar-refractivity contribution is -0.141. The van der Waals surface area contributed by atoms with Crippen LogP contribution in [0.3, 0.4) is 0 Å². The van der Waals surface area contributed by atoms with Gasteiger partial charge in [-0.15, -0.1) is 0 Å². The number of nitrogens with zero attached hydrogens (tertiary/aromatic N) is 3. The molecule has 0 aromatic rings. The van der Waals surface area contributed by atoms with Crippen molar-refractivity contribution in [3.8, 4) is 0 Å². The van der Waals surface area contributed by atoms with Gasteiger partial charge in [-0.25, -0.2) is 0 Å². The van der Waals surface area contributed by atoms with E-state index in [1.807, 2.05) is 4.90 Å². The lowest BCUT2D eigenvalue weighted by Gasteiger charge is -2.28. The van der Waals surface area contributed by atoms with E-state index in [0.29, 0.717) is 32.1 Å². The molecule has 0 aliphatic carbocycles. The third-order valence-electron chi connectivity index (χ3n) is 5.75. The smallest absolute Gasteiger partial charge is 0.308 e. The summed E-state index contributed by atoms with van der Waals surface area (Å²) in [5, 5.41) is 9.06. The van der Waals surface area contributed by atoms with Crippen molar-refractivity contribution in [1.29, 1.82) is 0 Å². The molecule has 0 spiro atoms. The zero-order valence-corrected chi connectivity index (χ0v) is 14.3. The van der Waals surface area contributed by atoms with E-state index in [1.165, 1.54) is 6.42 Å². The maximum absolute atomic E-state index is 12.6. The third-order valence-corrected chi connectivity index (χ3v) is 5.75. The molecule has 3 aliphatic rings. The summed E-state index contributed by atoms with van der Waals surface area (Å²) in [6, 6.07) is 0.413. The summed E-state index contributed by atoms with van der Waals surface area (Å²) in [6.07, 6.45) is 3.07. The molecule has 0 aromatic carbocycles. The summed E-state index contributed by atoms with van der Waals surface area (Å²) in [7, 11) is 0. The third kappa shape index (κ3) is 3.41. The second-order valence-electron chi connectivity index (χ2n) is 7.23. The van der Waals surface area contributed by atoms with Crippen molar-refractivity contribution in [3.05, 3.63) is 0 Å². The predicted molar refractivity (Wildman–Crippen MR) is 87.3 cm³/mol. The largest absolute Gasteiger partial charge is 0.481 e. The van der Waals surface area contributed by atoms with Crippen molar-refractivity contribution < 1.29 is 19.5 Å². The highest BCUT2D eigenvalue weighted by molar-refractivity contribution is 5.89. The van der Waals surface area contributed by atoms with Gasteiger partial charge < -0.3 is 14.9 Å². The highest BCUT2D eigenvalue weighted by atomic mass is 16.4. The molecule has 24 heavy (non-hydrogen) atoms. The molecule has 2 amide bonds. The predicted octanol–water partition coefficient (Wildman–Crippen LogP) is 0.252. The number of aliphatic carboxylic acids is 1. The number of carbonyl (C=O) groups is 3. The Balaban J connectivity index is 1.54. The van der Waals surface area contributed by atoms with Crippen LogP contribution in [-0.2, 0) is 14.4 Å². The number of likely N-dealkylation sites (N-methyl/N-ethyl adjacent to an activating group) is 1. The van der Waals surface area contributed by atoms with Crippen molar-refractivity contribution in [3.63, 3.8) is 0 Å². The van der Waals surface area contributed by atoms with Crippen molar-refractivity contribution in [2.45, 2.75) is 38.6 Å². The highest BCUT2D eigenvalue weighted by Crippen LogP contribution is 2.26. The van der Waals surface area contributed by atoms with E-state index in [2.05, 4.69) is 11.8 Å². The van der Waals surface area contributed by atoms with E-state index in [1.54, 1.807) is 4.90 Å². The molecule has 0 aromatic heterocycles. The molecule has 3 heterocycles. The van der Waals surface area contributed by atoms with Gasteiger partial charge in [0, 0.05) is 38.6 Å². The fraction of sp³-hybridized carbons (Fsp3) is 0.824. The molecule has 3 unspecified atom stereocenters. The second-order valence-corrected chi connectivity index (χ2v) is 7.23. The number of carboxylic acid groups (broad SMARTS) is 1. The number of carboxylic acids is 1. The fourth-order valence-electron chi connectivity index (χ4n) is 4.31. The van der Waals surface area contributed by atoms with Crippen LogP contribution in [0.15, 0.2) is 0 Å². The quantitative estimate of drug-likeness (QED) is 0.778. The SMILES string of the molecule is CCN1CCCC1CN1CC(C(=O)N2CCC(C(=O)O)C2)CC1=O. The lowest BCUT2D eigenvalue weighted by Crippen LogP contribution is -2.42. The molecule has 0 radical (unpaired) electrons. The summed E-state index contributed by atoms with van der Waals surface area (Å²) < 4.78 is 0. The molecule has 3 aliphatic heterocycles. The van der Waals surface area contributed by atoms with Gasteiger partial charge in [-0.3, -0.25) is 19.3 Å². The maximum atomic E-state index is 12.6. The van der Waals surface area contributed by atoms with Crippen LogP contribution in [0.4, 0.5) is 0 Å². The molecule has 7 heteroatoms. The van der Waals surface area contributed by atoms with Gasteiger partial charge in [-0.05, 0) is 32.4 Å². The first-order valence-corrected chi connectivity index (χ1v) is 9.03. The van der Waals surface area contributed by atoms with Gasteiger partial charge in [0.1, 0.15) is 0 Å². The highest BCUT2D eigenvalue weighted by Gasteiger charge is 2.40. The normalized spacial score (nSPS) is 31.2. The van der Waals surface area contributed by atoms with Gasteiger partial charge in [-0.1, -0.05) is 6.92 Å². The first kappa shape index (κ1) is 17.2. The molecule has 3 atom stereocenters. The lowest BCUT2D eigenvalue weighted by atomic mass is 10.1. The zero-order valence-electron chi connectivity index (χ0n) is 14.3. The van der Waals surface area contributed by atoms with Gasteiger partial charge in [0.2, 0.25) is 11.8 Å². The van der Waals surface area contributed by atoms with E-state index in [0.717, 1.165) is 19.5 Å². The molecule has 0 saturated carbocycles. The fourth-order valence-corrected chi connectivity index (χ4v) is 4.31. The standard InChI is InChI=1S/C17H27N3O4/c1-2-18-6-3-4-14(18)11-20-10-13(8-15(20)21)16(22)19-7-5-12(9-19)17(23)24/h12-14H,2-11H2,1H3,(H,23,24). The summed E-state index contributed by atoms with van der Waals surface area (Å²) in [4.78, 5) is 41.8. The Bertz CT molecular complexity index is 524. The van der Waals surface area contributed by atoms with Gasteiger partial charge in [0.15, 0.2) is 0 Å². The molecule has 134 valence electrons. The Hall–Kier alpha value is -1.63. The number of carbonyl (C=O) groups excluding carboxylic acids is 2. The number of likely N-dealkylation sites (tertiary alicyclic amines) is 3. The summed E-state index contributed by atoms with van der Waals surface area (Å²) in [6.45, 7) is 6.21. The maximum Gasteiger partial charge on any atom is 0.308 e. The van der Waals surface area contributed by atoms with Crippen molar-refractivity contribution in [1.82, 2.24) is 14.7 Å². The Morgan fingerprint density at radius 1 is 1.17 bits per heavy atom. The molecular formula is C17H27N3O4. The Labute approximate surface area is 142 Å². The minimum Gasteiger partial charge on any atom is -0.481 e. The monoisotopic (exact) mass is 337 g/mol. The number of amides is 2. The topological polar surface area (TPSA) is 81.2 Å². The summed E-state index contributed by atoms with van der Waals surface area (Å²) >= 11 is 0. The zero-order chi connectivity index (χ0) is 17.3. The van der Waals surface area contributed by atoms with Crippen LogP contribution in [0.25, 0.3) is 0 Å². The average molecular weight is 337 g/mol. The van der Waals surface area contributed by atoms with E-state index in [9.17, 15) is 14.4 Å². The van der Waals surface area contributed by atoms with Crippen LogP contribution in [0.5, 0.6) is 0 Å². The van der Waals surface area contributed by atoms with Crippen LogP contribution in [0.2, 0.25) is 0 Å². The van der Waals surface area contributed by atoms with Gasteiger partial charge in [0.25, 0.3) is 0 Å². The van der Waals surface area contributed by atoms with E-state index >= 15 is 0 Å². The van der Waals surface area contributed by atoms with Crippen molar-refractivity contribution in [2.24, 2.45) is 11.8 Å². The van der Waals surface area contributed by atoms with Gasteiger partial charge in [-0.2, -0.15) is 0 Å². The second kappa shape index (κ2) is 7.09. The minimum atomic E-state index is -0.838. The number of hydrogen-bond acceptors (Lipinski definition) is 4. The molecule has 7 nitrogen and oxygen atoms in total. The summed E-state index contributed by atoms with van der Waals surface area (Å²) in [5.74, 6) is -1.59. The van der Waals surface area contributed by atoms with E-state index in [4.69, 9.17) is 5.11 Å². The van der Waals surface area contributed by atoms with E-state index < -0.39 is 11.9 Å². The first-order chi connectivity index (χ1) is 11.5. The van der Waals surface area contributed by atoms with Gasteiger partial charge in [0.05, 0.1) is 11.8 Å². The molecule has 3 rings (SSSR count). The van der Waals surface area contributed by atoms with Crippen LogP contribution in [0, 0.1) is 11.8 Å². The molecular weight excluding hydrogens is 310 g/mol. The molecule has 0 bridgehead atoms. The van der Waals surface area contributed by atoms with Gasteiger partial charge >= 0.3 is 5.97 Å². The number of rotatable bonds is 5. The van der Waals surface area contributed by atoms with Crippen LogP contribution >= 0.6 is 0 Å². The minimum absolute atomic E-state index is 0.0478. The molecule has 1 N–H and O–H groups in total. The Morgan fingerprint density at radius 3 is 2.62 bits per heavy atom. The average Bonchev–Trinajstić information content (AvgIpc) is 3.27. The van der Waals surface area contributed by atoms with Crippen LogP contribution in [0.1, 0.15) is 32.6 Å². The van der Waals surface area contributed by atoms with E-state index in [-0.39, 0.29) is 30.7 Å². The van der Waals surface area contributed by atoms with Crippen LogP contribution < -0.4 is 0 Å².